The van der Waals surface area contributed by atoms with Gasteiger partial charge in [-0.3, -0.25) is 0 Å². The predicted octanol–water partition coefficient (Wildman–Crippen LogP) is 0.863. The quantitative estimate of drug-likeness (QED) is 0.626. The third kappa shape index (κ3) is 5.13. The topological polar surface area (TPSA) is 56.2 Å². The maximum Gasteiger partial charge on any atom is 0.231 e. The number of benzene rings is 2. The van der Waals surface area contributed by atoms with Crippen LogP contribution in [0.4, 0.5) is 0 Å². The first-order chi connectivity index (χ1) is 13.8. The molecule has 1 fully saturated rings. The minimum absolute atomic E-state index is 0.165. The standard InChI is InChI=1S/C21H25N3O3S/c28-21(22-11-17-6-7-19-20(10-17)27-15-26-19)23-12-18-14-24(8-9-25-18)13-16-4-2-1-3-5-16/h1-7,10,18H,8-9,11-15H2,(H2,22,23,28)/p+1/t18-/m0/s1. The summed E-state index contributed by atoms with van der Waals surface area (Å²) in [6.07, 6.45) is 0.165. The van der Waals surface area contributed by atoms with Crippen molar-refractivity contribution in [2.45, 2.75) is 19.2 Å². The molecule has 3 N–H and O–H groups in total. The smallest absolute Gasteiger partial charge is 0.231 e. The average Bonchev–Trinajstić information content (AvgIpc) is 3.20. The maximum absolute atomic E-state index is 5.91. The van der Waals surface area contributed by atoms with E-state index in [-0.39, 0.29) is 12.9 Å². The Labute approximate surface area is 170 Å². The third-order valence-corrected chi connectivity index (χ3v) is 5.29. The van der Waals surface area contributed by atoms with Crippen molar-refractivity contribution in [1.29, 1.82) is 0 Å². The second kappa shape index (κ2) is 9.23. The lowest BCUT2D eigenvalue weighted by molar-refractivity contribution is -0.925. The van der Waals surface area contributed by atoms with E-state index in [1.165, 1.54) is 5.56 Å². The monoisotopic (exact) mass is 400 g/mol. The number of morpholine rings is 1. The summed E-state index contributed by atoms with van der Waals surface area (Å²) in [6.45, 7) is 5.48. The van der Waals surface area contributed by atoms with Crippen LogP contribution in [-0.2, 0) is 17.8 Å². The molecule has 1 saturated heterocycles. The highest BCUT2D eigenvalue weighted by Crippen LogP contribution is 2.32. The second-order valence-corrected chi connectivity index (χ2v) is 7.52. The van der Waals surface area contributed by atoms with Crippen LogP contribution in [0.15, 0.2) is 48.5 Å². The van der Waals surface area contributed by atoms with E-state index in [4.69, 9.17) is 26.4 Å². The fraction of sp³-hybridized carbons (Fsp3) is 0.381. The van der Waals surface area contributed by atoms with Crippen molar-refractivity contribution in [2.75, 3.05) is 33.0 Å². The summed E-state index contributed by atoms with van der Waals surface area (Å²) >= 11 is 5.41. The van der Waals surface area contributed by atoms with Crippen molar-refractivity contribution in [1.82, 2.24) is 10.6 Å². The molecule has 28 heavy (non-hydrogen) atoms. The van der Waals surface area contributed by atoms with Crippen molar-refractivity contribution < 1.29 is 19.1 Å². The molecule has 0 bridgehead atoms. The molecule has 2 heterocycles. The SMILES string of the molecule is S=C(NCc1ccc2c(c1)OCO2)NC[C@H]1C[NH+](Cc2ccccc2)CCO1. The van der Waals surface area contributed by atoms with Gasteiger partial charge in [0.2, 0.25) is 6.79 Å². The highest BCUT2D eigenvalue weighted by Gasteiger charge is 2.23. The first kappa shape index (κ1) is 19.0. The van der Waals surface area contributed by atoms with Crippen LogP contribution in [0, 0.1) is 0 Å². The summed E-state index contributed by atoms with van der Waals surface area (Å²) in [5, 5.41) is 7.16. The number of thiocarbonyl (C=S) groups is 1. The van der Waals surface area contributed by atoms with Gasteiger partial charge in [-0.1, -0.05) is 36.4 Å². The molecule has 4 rings (SSSR count). The van der Waals surface area contributed by atoms with Gasteiger partial charge in [0.1, 0.15) is 25.7 Å². The number of quaternary nitrogens is 1. The van der Waals surface area contributed by atoms with Crippen LogP contribution >= 0.6 is 12.2 Å². The van der Waals surface area contributed by atoms with Crippen LogP contribution in [0.25, 0.3) is 0 Å². The summed E-state index contributed by atoms with van der Waals surface area (Å²) < 4.78 is 16.7. The Morgan fingerprint density at radius 3 is 2.79 bits per heavy atom. The van der Waals surface area contributed by atoms with Gasteiger partial charge in [0.15, 0.2) is 16.6 Å². The molecule has 0 aliphatic carbocycles. The van der Waals surface area contributed by atoms with Gasteiger partial charge in [0, 0.05) is 18.7 Å². The van der Waals surface area contributed by atoms with Gasteiger partial charge >= 0.3 is 0 Å². The molecule has 2 atom stereocenters. The first-order valence-corrected chi connectivity index (χ1v) is 10.1. The number of ether oxygens (including phenoxy) is 3. The van der Waals surface area contributed by atoms with Gasteiger partial charge in [-0.25, -0.2) is 0 Å². The highest BCUT2D eigenvalue weighted by atomic mass is 32.1. The molecule has 7 heteroatoms. The normalized spacial score (nSPS) is 20.6. The molecule has 1 unspecified atom stereocenters. The van der Waals surface area contributed by atoms with E-state index in [1.54, 1.807) is 4.90 Å². The Morgan fingerprint density at radius 1 is 1.04 bits per heavy atom. The lowest BCUT2D eigenvalue weighted by Crippen LogP contribution is -3.13. The largest absolute Gasteiger partial charge is 0.454 e. The molecule has 2 aromatic carbocycles. The first-order valence-electron chi connectivity index (χ1n) is 9.65. The maximum atomic E-state index is 5.91. The van der Waals surface area contributed by atoms with Crippen LogP contribution in [-0.4, -0.2) is 44.3 Å². The summed E-state index contributed by atoms with van der Waals surface area (Å²) in [6, 6.07) is 16.5. The zero-order chi connectivity index (χ0) is 19.2. The predicted molar refractivity (Wildman–Crippen MR) is 111 cm³/mol. The Balaban J connectivity index is 1.19. The van der Waals surface area contributed by atoms with Gasteiger partial charge in [-0.15, -0.1) is 0 Å². The van der Waals surface area contributed by atoms with Crippen LogP contribution in [0.1, 0.15) is 11.1 Å². The molecule has 0 saturated carbocycles. The van der Waals surface area contributed by atoms with Crippen LogP contribution in [0.5, 0.6) is 11.5 Å². The molecule has 0 spiro atoms. The number of rotatable bonds is 6. The van der Waals surface area contributed by atoms with Gasteiger partial charge in [0.25, 0.3) is 0 Å². The van der Waals surface area contributed by atoms with Gasteiger partial charge in [-0.05, 0) is 29.9 Å². The lowest BCUT2D eigenvalue weighted by Gasteiger charge is -2.30. The molecule has 6 nitrogen and oxygen atoms in total. The third-order valence-electron chi connectivity index (χ3n) is 5.00. The molecule has 2 aliphatic heterocycles. The highest BCUT2D eigenvalue weighted by molar-refractivity contribution is 7.80. The summed E-state index contributed by atoms with van der Waals surface area (Å²) in [7, 11) is 0. The fourth-order valence-corrected chi connectivity index (χ4v) is 3.69. The molecule has 0 radical (unpaired) electrons. The summed E-state index contributed by atoms with van der Waals surface area (Å²) in [4.78, 5) is 1.54. The lowest BCUT2D eigenvalue weighted by atomic mass is 10.2. The molecule has 148 valence electrons. The van der Waals surface area contributed by atoms with Crippen molar-refractivity contribution in [2.24, 2.45) is 0 Å². The van der Waals surface area contributed by atoms with Crippen LogP contribution in [0.2, 0.25) is 0 Å². The summed E-state index contributed by atoms with van der Waals surface area (Å²) in [5.41, 5.74) is 2.47. The number of nitrogens with one attached hydrogen (secondary N) is 3. The van der Waals surface area contributed by atoms with E-state index < -0.39 is 0 Å². The molecule has 0 amide bonds. The Bertz CT molecular complexity index is 803. The molecule has 2 aliphatic rings. The van der Waals surface area contributed by atoms with Gasteiger partial charge < -0.3 is 29.7 Å². The van der Waals surface area contributed by atoms with E-state index >= 15 is 0 Å². The van der Waals surface area contributed by atoms with E-state index in [0.717, 1.165) is 43.3 Å². The number of hydrogen-bond acceptors (Lipinski definition) is 4. The van der Waals surface area contributed by atoms with Crippen molar-refractivity contribution in [3.63, 3.8) is 0 Å². The Kier molecular flexibility index (Phi) is 6.26. The van der Waals surface area contributed by atoms with Crippen LogP contribution < -0.4 is 25.0 Å². The van der Waals surface area contributed by atoms with Crippen molar-refractivity contribution >= 4 is 17.3 Å². The van der Waals surface area contributed by atoms with Crippen molar-refractivity contribution in [3.05, 3.63) is 59.7 Å². The van der Waals surface area contributed by atoms with E-state index in [9.17, 15) is 0 Å². The number of fused-ring (bicyclic) bond motifs is 1. The zero-order valence-corrected chi connectivity index (χ0v) is 16.6. The average molecular weight is 401 g/mol. The van der Waals surface area contributed by atoms with Gasteiger partial charge in [-0.2, -0.15) is 0 Å². The van der Waals surface area contributed by atoms with E-state index in [1.807, 2.05) is 18.2 Å². The summed E-state index contributed by atoms with van der Waals surface area (Å²) in [5.74, 6) is 1.58. The molecular weight excluding hydrogens is 374 g/mol. The van der Waals surface area contributed by atoms with Gasteiger partial charge in [0.05, 0.1) is 6.61 Å². The molecule has 2 aromatic rings. The number of hydrogen-bond donors (Lipinski definition) is 3. The second-order valence-electron chi connectivity index (χ2n) is 7.11. The van der Waals surface area contributed by atoms with Crippen molar-refractivity contribution in [3.8, 4) is 11.5 Å². The fourth-order valence-electron chi connectivity index (χ4n) is 3.53. The zero-order valence-electron chi connectivity index (χ0n) is 15.8. The minimum atomic E-state index is 0.165. The Morgan fingerprint density at radius 2 is 1.89 bits per heavy atom. The Hall–Kier alpha value is -2.35. The molecule has 0 aromatic heterocycles. The van der Waals surface area contributed by atoms with E-state index in [2.05, 4.69) is 41.0 Å². The minimum Gasteiger partial charge on any atom is -0.454 e. The molecular formula is C21H26N3O3S+. The van der Waals surface area contributed by atoms with Crippen LogP contribution in [0.3, 0.4) is 0 Å². The van der Waals surface area contributed by atoms with E-state index in [0.29, 0.717) is 18.2 Å².